The van der Waals surface area contributed by atoms with Crippen LogP contribution in [-0.2, 0) is 19.9 Å². The van der Waals surface area contributed by atoms with Crippen LogP contribution in [-0.4, -0.2) is 21.0 Å². The molecule has 1 N–H and O–H groups in total. The number of aromatic nitrogens is 2. The first-order chi connectivity index (χ1) is 8.24. The summed E-state index contributed by atoms with van der Waals surface area (Å²) in [4.78, 5) is 1.40. The molecule has 17 heavy (non-hydrogen) atoms. The van der Waals surface area contributed by atoms with Gasteiger partial charge in [0.1, 0.15) is 0 Å². The molecule has 0 aliphatic carbocycles. The fourth-order valence-corrected chi connectivity index (χ4v) is 2.63. The summed E-state index contributed by atoms with van der Waals surface area (Å²) in [5.41, 5.74) is 0.969. The predicted octanol–water partition coefficient (Wildman–Crippen LogP) is 2.41. The molecule has 0 aliphatic rings. The van der Waals surface area contributed by atoms with E-state index in [0.29, 0.717) is 6.42 Å². The van der Waals surface area contributed by atoms with E-state index >= 15 is 0 Å². The second kappa shape index (κ2) is 5.98. The first kappa shape index (κ1) is 12.3. The third-order valence-electron chi connectivity index (χ3n) is 2.75. The van der Waals surface area contributed by atoms with Gasteiger partial charge >= 0.3 is 0 Å². The zero-order valence-electron chi connectivity index (χ0n) is 10.0. The molecule has 2 heterocycles. The molecule has 0 fully saturated rings. The van der Waals surface area contributed by atoms with Crippen molar-refractivity contribution in [2.45, 2.75) is 31.8 Å². The molecule has 0 aliphatic heterocycles. The number of hydrogen-bond donors (Lipinski definition) is 1. The van der Waals surface area contributed by atoms with Gasteiger partial charge in [-0.25, -0.2) is 0 Å². The third-order valence-corrected chi connectivity index (χ3v) is 3.69. The van der Waals surface area contributed by atoms with Crippen molar-refractivity contribution in [3.8, 4) is 0 Å². The van der Waals surface area contributed by atoms with Crippen LogP contribution in [0.3, 0.4) is 0 Å². The standard InChI is InChI=1S/C13H18N2OS/c1-15-8-7-11(14-15)10-12(16)4-2-5-13-6-3-9-17-13/h3,6-9,12,16H,2,4-5,10H2,1H3. The normalized spacial score (nSPS) is 12.8. The molecule has 0 spiro atoms. The Morgan fingerprint density at radius 3 is 3.00 bits per heavy atom. The van der Waals surface area contributed by atoms with Crippen molar-refractivity contribution in [1.82, 2.24) is 9.78 Å². The Hall–Kier alpha value is -1.13. The lowest BCUT2D eigenvalue weighted by atomic mass is 10.1. The molecule has 0 amide bonds. The van der Waals surface area contributed by atoms with Crippen LogP contribution in [0.25, 0.3) is 0 Å². The van der Waals surface area contributed by atoms with E-state index in [2.05, 4.69) is 22.6 Å². The van der Waals surface area contributed by atoms with Crippen LogP contribution in [0.5, 0.6) is 0 Å². The minimum atomic E-state index is -0.273. The maximum absolute atomic E-state index is 9.89. The Balaban J connectivity index is 1.69. The van der Waals surface area contributed by atoms with E-state index in [1.54, 1.807) is 16.0 Å². The molecular weight excluding hydrogens is 232 g/mol. The fourth-order valence-electron chi connectivity index (χ4n) is 1.88. The van der Waals surface area contributed by atoms with Crippen LogP contribution in [0.4, 0.5) is 0 Å². The SMILES string of the molecule is Cn1ccc(CC(O)CCCc2cccs2)n1. The van der Waals surface area contributed by atoms with Crippen LogP contribution in [0.15, 0.2) is 29.8 Å². The summed E-state index contributed by atoms with van der Waals surface area (Å²) in [6, 6.07) is 6.18. The highest BCUT2D eigenvalue weighted by atomic mass is 32.1. The second-order valence-electron chi connectivity index (χ2n) is 4.31. The molecular formula is C13H18N2OS. The van der Waals surface area contributed by atoms with Gasteiger partial charge in [0, 0.05) is 24.5 Å². The van der Waals surface area contributed by atoms with Gasteiger partial charge in [-0.05, 0) is 36.8 Å². The van der Waals surface area contributed by atoms with E-state index in [1.807, 2.05) is 19.3 Å². The van der Waals surface area contributed by atoms with Crippen molar-refractivity contribution in [2.75, 3.05) is 0 Å². The Morgan fingerprint density at radius 2 is 2.35 bits per heavy atom. The molecule has 92 valence electrons. The first-order valence-corrected chi connectivity index (χ1v) is 6.81. The minimum Gasteiger partial charge on any atom is -0.393 e. The van der Waals surface area contributed by atoms with Crippen LogP contribution in [0.1, 0.15) is 23.4 Å². The van der Waals surface area contributed by atoms with E-state index in [-0.39, 0.29) is 6.10 Å². The minimum absolute atomic E-state index is 0.273. The molecule has 0 bridgehead atoms. The van der Waals surface area contributed by atoms with E-state index < -0.39 is 0 Å². The Morgan fingerprint density at radius 1 is 1.47 bits per heavy atom. The van der Waals surface area contributed by atoms with Gasteiger partial charge in [0.2, 0.25) is 0 Å². The van der Waals surface area contributed by atoms with Crippen LogP contribution < -0.4 is 0 Å². The van der Waals surface area contributed by atoms with Crippen molar-refractivity contribution >= 4 is 11.3 Å². The maximum atomic E-state index is 9.89. The van der Waals surface area contributed by atoms with Crippen LogP contribution >= 0.6 is 11.3 Å². The highest BCUT2D eigenvalue weighted by Crippen LogP contribution is 2.13. The van der Waals surface area contributed by atoms with Crippen molar-refractivity contribution < 1.29 is 5.11 Å². The van der Waals surface area contributed by atoms with Gasteiger partial charge in [-0.15, -0.1) is 11.3 Å². The number of hydrogen-bond acceptors (Lipinski definition) is 3. The lowest BCUT2D eigenvalue weighted by Gasteiger charge is -2.07. The molecule has 2 rings (SSSR count). The van der Waals surface area contributed by atoms with Crippen LogP contribution in [0, 0.1) is 0 Å². The Kier molecular flexibility index (Phi) is 4.34. The molecule has 0 saturated heterocycles. The van der Waals surface area contributed by atoms with E-state index in [4.69, 9.17) is 0 Å². The summed E-state index contributed by atoms with van der Waals surface area (Å²) in [6.07, 6.45) is 5.24. The zero-order valence-corrected chi connectivity index (χ0v) is 10.9. The van der Waals surface area contributed by atoms with Gasteiger partial charge in [-0.2, -0.15) is 5.10 Å². The van der Waals surface area contributed by atoms with Gasteiger partial charge in [0.05, 0.1) is 11.8 Å². The average molecular weight is 250 g/mol. The van der Waals surface area contributed by atoms with E-state index in [0.717, 1.165) is 25.0 Å². The lowest BCUT2D eigenvalue weighted by Crippen LogP contribution is -2.11. The number of aliphatic hydroxyl groups excluding tert-OH is 1. The molecule has 1 unspecified atom stereocenters. The summed E-state index contributed by atoms with van der Waals surface area (Å²) < 4.78 is 1.77. The molecule has 4 heteroatoms. The van der Waals surface area contributed by atoms with Gasteiger partial charge in [0.25, 0.3) is 0 Å². The van der Waals surface area contributed by atoms with Gasteiger partial charge in [0.15, 0.2) is 0 Å². The number of nitrogens with zero attached hydrogens (tertiary/aromatic N) is 2. The number of aliphatic hydroxyl groups is 1. The first-order valence-electron chi connectivity index (χ1n) is 5.93. The molecule has 0 aromatic carbocycles. The van der Waals surface area contributed by atoms with E-state index in [1.165, 1.54) is 4.88 Å². The third kappa shape index (κ3) is 3.98. The second-order valence-corrected chi connectivity index (χ2v) is 5.34. The smallest absolute Gasteiger partial charge is 0.0650 e. The van der Waals surface area contributed by atoms with Gasteiger partial charge in [-0.3, -0.25) is 4.68 Å². The molecule has 3 nitrogen and oxygen atoms in total. The van der Waals surface area contributed by atoms with Gasteiger partial charge in [-0.1, -0.05) is 6.07 Å². The summed E-state index contributed by atoms with van der Waals surface area (Å²) in [5.74, 6) is 0. The number of rotatable bonds is 6. The number of thiophene rings is 1. The molecule has 0 saturated carbocycles. The summed E-state index contributed by atoms with van der Waals surface area (Å²) in [6.45, 7) is 0. The Labute approximate surface area is 106 Å². The number of aryl methyl sites for hydroxylation is 2. The quantitative estimate of drug-likeness (QED) is 0.855. The summed E-state index contributed by atoms with van der Waals surface area (Å²) in [5, 5.41) is 16.3. The average Bonchev–Trinajstić information content (AvgIpc) is 2.90. The monoisotopic (exact) mass is 250 g/mol. The predicted molar refractivity (Wildman–Crippen MR) is 70.2 cm³/mol. The van der Waals surface area contributed by atoms with Crippen molar-refractivity contribution in [2.24, 2.45) is 7.05 Å². The van der Waals surface area contributed by atoms with Crippen molar-refractivity contribution in [3.05, 3.63) is 40.3 Å². The molecule has 1 atom stereocenters. The Bertz CT molecular complexity index is 436. The molecule has 2 aromatic rings. The van der Waals surface area contributed by atoms with Gasteiger partial charge < -0.3 is 5.11 Å². The lowest BCUT2D eigenvalue weighted by molar-refractivity contribution is 0.161. The van der Waals surface area contributed by atoms with Crippen LogP contribution in [0.2, 0.25) is 0 Å². The fraction of sp³-hybridized carbons (Fsp3) is 0.462. The highest BCUT2D eigenvalue weighted by Gasteiger charge is 2.07. The maximum Gasteiger partial charge on any atom is 0.0650 e. The zero-order chi connectivity index (χ0) is 12.1. The molecule has 2 aromatic heterocycles. The highest BCUT2D eigenvalue weighted by molar-refractivity contribution is 7.09. The summed E-state index contributed by atoms with van der Waals surface area (Å²) >= 11 is 1.78. The largest absolute Gasteiger partial charge is 0.393 e. The van der Waals surface area contributed by atoms with Crippen molar-refractivity contribution in [3.63, 3.8) is 0 Å². The summed E-state index contributed by atoms with van der Waals surface area (Å²) in [7, 11) is 1.90. The topological polar surface area (TPSA) is 38.0 Å². The van der Waals surface area contributed by atoms with Crippen molar-refractivity contribution in [1.29, 1.82) is 0 Å². The molecule has 0 radical (unpaired) electrons. The van der Waals surface area contributed by atoms with E-state index in [9.17, 15) is 5.11 Å².